The van der Waals surface area contributed by atoms with Crippen molar-refractivity contribution in [1.82, 2.24) is 4.57 Å². The van der Waals surface area contributed by atoms with Crippen LogP contribution in [0.5, 0.6) is 11.6 Å². The summed E-state index contributed by atoms with van der Waals surface area (Å²) >= 11 is 0. The van der Waals surface area contributed by atoms with Gasteiger partial charge in [-0.1, -0.05) is 30.3 Å². The Morgan fingerprint density at radius 1 is 0.812 bits per heavy atom. The van der Waals surface area contributed by atoms with E-state index in [2.05, 4.69) is 34.9 Å². The molecule has 0 spiro atoms. The van der Waals surface area contributed by atoms with Gasteiger partial charge in [0.05, 0.1) is 5.52 Å². The molecule has 0 radical (unpaired) electrons. The van der Waals surface area contributed by atoms with Crippen molar-refractivity contribution >= 4 is 10.9 Å². The Morgan fingerprint density at radius 2 is 1.56 bits per heavy atom. The first-order valence-corrected chi connectivity index (χ1v) is 5.32. The Kier molecular flexibility index (Phi) is 1.33. The van der Waals surface area contributed by atoms with E-state index in [0.29, 0.717) is 0 Å². The fourth-order valence-corrected chi connectivity index (χ4v) is 2.19. The first kappa shape index (κ1) is 7.99. The molecular formula is C14H9NO. The van der Waals surface area contributed by atoms with Crippen LogP contribution < -0.4 is 4.74 Å². The van der Waals surface area contributed by atoms with E-state index in [0.717, 1.165) is 17.3 Å². The van der Waals surface area contributed by atoms with Gasteiger partial charge in [-0.15, -0.1) is 0 Å². The van der Waals surface area contributed by atoms with Crippen LogP contribution in [0.2, 0.25) is 0 Å². The Labute approximate surface area is 92.7 Å². The monoisotopic (exact) mass is 207 g/mol. The van der Waals surface area contributed by atoms with Gasteiger partial charge in [0.15, 0.2) is 5.75 Å². The lowest BCUT2D eigenvalue weighted by Crippen LogP contribution is -1.92. The Bertz CT molecular complexity index is 683. The van der Waals surface area contributed by atoms with E-state index < -0.39 is 0 Å². The number of para-hydroxylation sites is 2. The number of rotatable bonds is 1. The predicted molar refractivity (Wildman–Crippen MR) is 63.3 cm³/mol. The van der Waals surface area contributed by atoms with Gasteiger partial charge < -0.3 is 4.74 Å². The molecule has 3 aromatic rings. The molecule has 0 N–H and O–H groups in total. The third-order valence-electron chi connectivity index (χ3n) is 2.96. The molecule has 2 heteroatoms. The first-order valence-electron chi connectivity index (χ1n) is 5.32. The molecule has 0 aliphatic carbocycles. The topological polar surface area (TPSA) is 17.5 Å². The average Bonchev–Trinajstić information content (AvgIpc) is 3.06. The number of benzene rings is 2. The number of aromatic nitrogens is 1. The highest BCUT2D eigenvalue weighted by Crippen LogP contribution is 2.54. The van der Waals surface area contributed by atoms with Crippen LogP contribution in [0.3, 0.4) is 0 Å². The van der Waals surface area contributed by atoms with Gasteiger partial charge in [-0.3, -0.25) is 4.57 Å². The molecular weight excluding hydrogens is 198 g/mol. The smallest absolute Gasteiger partial charge is 0.249 e. The second kappa shape index (κ2) is 2.67. The summed E-state index contributed by atoms with van der Waals surface area (Å²) in [7, 11) is 0. The zero-order valence-corrected chi connectivity index (χ0v) is 8.55. The van der Waals surface area contributed by atoms with Gasteiger partial charge in [-0.25, -0.2) is 0 Å². The molecule has 0 fully saturated rings. The van der Waals surface area contributed by atoms with Crippen molar-refractivity contribution in [2.45, 2.75) is 0 Å². The number of nitrogens with zero attached hydrogens (tertiary/aromatic N) is 1. The Morgan fingerprint density at radius 3 is 2.44 bits per heavy atom. The van der Waals surface area contributed by atoms with Crippen molar-refractivity contribution in [2.24, 2.45) is 0 Å². The molecule has 2 aromatic carbocycles. The van der Waals surface area contributed by atoms with Crippen LogP contribution in [-0.2, 0) is 0 Å². The van der Waals surface area contributed by atoms with Crippen molar-refractivity contribution in [2.75, 3.05) is 0 Å². The van der Waals surface area contributed by atoms with Crippen LogP contribution >= 0.6 is 0 Å². The molecule has 4 rings (SSSR count). The standard InChI is InChI=1S/C14H9NO/c1-2-6-10(7-3-1)15-12-9-5-4-8-11(12)13-14(15)16-13/h1-9H. The van der Waals surface area contributed by atoms with Crippen LogP contribution in [0, 0.1) is 0 Å². The van der Waals surface area contributed by atoms with Crippen molar-refractivity contribution in [3.63, 3.8) is 0 Å². The second-order valence-electron chi connectivity index (χ2n) is 3.92. The summed E-state index contributed by atoms with van der Waals surface area (Å²) in [4.78, 5) is 0. The minimum Gasteiger partial charge on any atom is -0.430 e. The third kappa shape index (κ3) is 0.910. The molecule has 16 heavy (non-hydrogen) atoms. The van der Waals surface area contributed by atoms with E-state index in [1.54, 1.807) is 0 Å². The van der Waals surface area contributed by atoms with Crippen molar-refractivity contribution < 1.29 is 4.74 Å². The lowest BCUT2D eigenvalue weighted by atomic mass is 10.2. The maximum Gasteiger partial charge on any atom is 0.249 e. The summed E-state index contributed by atoms with van der Waals surface area (Å²) in [6.45, 7) is 0. The summed E-state index contributed by atoms with van der Waals surface area (Å²) < 4.78 is 7.66. The zero-order chi connectivity index (χ0) is 10.5. The van der Waals surface area contributed by atoms with Crippen LogP contribution in [0.15, 0.2) is 54.6 Å². The number of fused-ring (bicyclic) bond motifs is 3. The largest absolute Gasteiger partial charge is 0.430 e. The number of hydrogen-bond donors (Lipinski definition) is 0. The number of hydrogen-bond acceptors (Lipinski definition) is 1. The molecule has 0 unspecified atom stereocenters. The van der Waals surface area contributed by atoms with E-state index in [9.17, 15) is 0 Å². The van der Waals surface area contributed by atoms with E-state index in [1.807, 2.05) is 24.3 Å². The highest BCUT2D eigenvalue weighted by molar-refractivity contribution is 5.96. The second-order valence-corrected chi connectivity index (χ2v) is 3.92. The molecule has 0 atom stereocenters. The molecule has 1 aliphatic rings. The van der Waals surface area contributed by atoms with Gasteiger partial charge in [0, 0.05) is 11.1 Å². The van der Waals surface area contributed by atoms with Crippen molar-refractivity contribution in [1.29, 1.82) is 0 Å². The quantitative estimate of drug-likeness (QED) is 0.435. The highest BCUT2D eigenvalue weighted by atomic mass is 16.6. The van der Waals surface area contributed by atoms with Crippen molar-refractivity contribution in [3.05, 3.63) is 54.6 Å². The highest BCUT2D eigenvalue weighted by Gasteiger charge is 2.32. The van der Waals surface area contributed by atoms with Crippen LogP contribution in [0.25, 0.3) is 16.6 Å². The maximum absolute atomic E-state index is 5.51. The van der Waals surface area contributed by atoms with Crippen LogP contribution in [-0.4, -0.2) is 4.57 Å². The van der Waals surface area contributed by atoms with E-state index in [4.69, 9.17) is 4.74 Å². The van der Waals surface area contributed by atoms with Crippen molar-refractivity contribution in [3.8, 4) is 17.3 Å². The van der Waals surface area contributed by atoms with E-state index in [1.165, 1.54) is 10.9 Å². The molecule has 2 nitrogen and oxygen atoms in total. The summed E-state index contributed by atoms with van der Waals surface area (Å²) in [5, 5.41) is 1.20. The summed E-state index contributed by atoms with van der Waals surface area (Å²) in [5.74, 6) is 2.01. The van der Waals surface area contributed by atoms with Gasteiger partial charge in [-0.2, -0.15) is 0 Å². The maximum atomic E-state index is 5.51. The first-order chi connectivity index (χ1) is 7.95. The van der Waals surface area contributed by atoms with Gasteiger partial charge in [0.25, 0.3) is 0 Å². The molecule has 0 saturated carbocycles. The minimum absolute atomic E-state index is 0.979. The number of ether oxygens (including phenoxy) is 1. The fourth-order valence-electron chi connectivity index (χ4n) is 2.19. The molecule has 2 heterocycles. The zero-order valence-electron chi connectivity index (χ0n) is 8.55. The third-order valence-corrected chi connectivity index (χ3v) is 2.96. The summed E-state index contributed by atoms with van der Waals surface area (Å²) in [6.07, 6.45) is 0. The SMILES string of the molecule is c1ccc(-n2c3c(c4ccccc42)O3)cc1. The predicted octanol–water partition coefficient (Wildman–Crippen LogP) is 3.74. The van der Waals surface area contributed by atoms with Gasteiger partial charge >= 0.3 is 0 Å². The van der Waals surface area contributed by atoms with Gasteiger partial charge in [0.2, 0.25) is 5.88 Å². The van der Waals surface area contributed by atoms with Crippen LogP contribution in [0.4, 0.5) is 0 Å². The fraction of sp³-hybridized carbons (Fsp3) is 0. The summed E-state index contributed by atoms with van der Waals surface area (Å²) in [6, 6.07) is 18.6. The molecule has 76 valence electrons. The molecule has 0 bridgehead atoms. The van der Waals surface area contributed by atoms with Crippen LogP contribution in [0.1, 0.15) is 0 Å². The van der Waals surface area contributed by atoms with E-state index in [-0.39, 0.29) is 0 Å². The minimum atomic E-state index is 0.979. The lowest BCUT2D eigenvalue weighted by Gasteiger charge is -2.05. The van der Waals surface area contributed by atoms with E-state index >= 15 is 0 Å². The molecule has 1 aliphatic heterocycles. The molecule has 1 aromatic heterocycles. The Balaban J connectivity index is 2.10. The Hall–Kier alpha value is -2.22. The van der Waals surface area contributed by atoms with Gasteiger partial charge in [0.1, 0.15) is 0 Å². The summed E-state index contributed by atoms with van der Waals surface area (Å²) in [5.41, 5.74) is 2.36. The normalized spacial score (nSPS) is 12.2. The average molecular weight is 207 g/mol. The lowest BCUT2D eigenvalue weighted by molar-refractivity contribution is 0.620. The molecule has 0 amide bonds. The van der Waals surface area contributed by atoms with Gasteiger partial charge in [-0.05, 0) is 24.3 Å². The molecule has 0 saturated heterocycles.